The third-order valence-corrected chi connectivity index (χ3v) is 4.94. The Balaban J connectivity index is 0.00000280. The molecule has 0 bridgehead atoms. The van der Waals surface area contributed by atoms with Crippen LogP contribution in [-0.4, -0.2) is 62.9 Å². The van der Waals surface area contributed by atoms with Crippen molar-refractivity contribution in [1.82, 2.24) is 4.90 Å². The molecule has 1 unspecified atom stereocenters. The van der Waals surface area contributed by atoms with Crippen molar-refractivity contribution in [2.75, 3.05) is 51.8 Å². The van der Waals surface area contributed by atoms with Crippen molar-refractivity contribution in [3.63, 3.8) is 0 Å². The van der Waals surface area contributed by atoms with Gasteiger partial charge in [0.05, 0.1) is 20.3 Å². The Hall–Kier alpha value is -2.28. The van der Waals surface area contributed by atoms with Gasteiger partial charge >= 0.3 is 5.97 Å². The highest BCUT2D eigenvalue weighted by molar-refractivity contribution is 5.92. The van der Waals surface area contributed by atoms with Crippen LogP contribution < -0.4 is 9.64 Å². The van der Waals surface area contributed by atoms with Gasteiger partial charge in [-0.25, -0.2) is 4.79 Å². The average Bonchev–Trinajstić information content (AvgIpc) is 2.73. The van der Waals surface area contributed by atoms with Crippen LogP contribution in [-0.2, 0) is 4.74 Å². The molecule has 1 aliphatic rings. The number of carbonyl (C=O) groups is 1. The average molecular weight is 407 g/mol. The molecular weight excluding hydrogens is 380 g/mol. The first-order chi connectivity index (χ1) is 13.1. The Morgan fingerprint density at radius 1 is 1.07 bits per heavy atom. The molecule has 0 radical (unpaired) electrons. The normalized spacial score (nSPS) is 15.5. The van der Waals surface area contributed by atoms with Gasteiger partial charge in [-0.05, 0) is 29.8 Å². The van der Waals surface area contributed by atoms with Crippen molar-refractivity contribution >= 4 is 24.1 Å². The molecule has 3 rings (SSSR count). The molecule has 1 heterocycles. The second-order valence-electron chi connectivity index (χ2n) is 6.59. The van der Waals surface area contributed by atoms with Gasteiger partial charge in [-0.1, -0.05) is 24.3 Å². The molecule has 1 fully saturated rings. The van der Waals surface area contributed by atoms with Gasteiger partial charge in [0, 0.05) is 38.4 Å². The Morgan fingerprint density at radius 2 is 1.75 bits per heavy atom. The number of rotatable bonds is 6. The van der Waals surface area contributed by atoms with E-state index < -0.39 is 12.1 Å². The van der Waals surface area contributed by atoms with E-state index in [9.17, 15) is 9.90 Å². The topological polar surface area (TPSA) is 62.2 Å². The van der Waals surface area contributed by atoms with Crippen LogP contribution in [0.4, 0.5) is 5.69 Å². The van der Waals surface area contributed by atoms with E-state index in [0.717, 1.165) is 26.2 Å². The van der Waals surface area contributed by atoms with Crippen molar-refractivity contribution < 1.29 is 19.4 Å². The summed E-state index contributed by atoms with van der Waals surface area (Å²) in [5.74, 6) is -0.0355. The van der Waals surface area contributed by atoms with Gasteiger partial charge in [0.15, 0.2) is 0 Å². The van der Waals surface area contributed by atoms with Crippen LogP contribution in [0.1, 0.15) is 22.0 Å². The molecule has 0 aliphatic carbocycles. The van der Waals surface area contributed by atoms with Crippen LogP contribution in [0.2, 0.25) is 0 Å². The number of β-amino-alcohol motifs (C(OH)–C–C–N with tert-alkyl or cyclic N) is 1. The first-order valence-electron chi connectivity index (χ1n) is 9.09. The van der Waals surface area contributed by atoms with Gasteiger partial charge in [-0.3, -0.25) is 4.90 Å². The van der Waals surface area contributed by atoms with E-state index in [4.69, 9.17) is 9.47 Å². The molecule has 6 nitrogen and oxygen atoms in total. The van der Waals surface area contributed by atoms with E-state index in [1.807, 2.05) is 18.2 Å². The summed E-state index contributed by atoms with van der Waals surface area (Å²) < 4.78 is 10.0. The molecule has 1 atom stereocenters. The van der Waals surface area contributed by atoms with Gasteiger partial charge in [-0.15, -0.1) is 12.4 Å². The Bertz CT molecular complexity index is 764. The Labute approximate surface area is 172 Å². The highest BCUT2D eigenvalue weighted by Gasteiger charge is 2.22. The molecule has 2 aromatic carbocycles. The number of hydrogen-bond donors (Lipinski definition) is 1. The maximum absolute atomic E-state index is 11.9. The minimum Gasteiger partial charge on any atom is -0.496 e. The number of nitrogens with zero attached hydrogens (tertiary/aromatic N) is 2. The van der Waals surface area contributed by atoms with E-state index >= 15 is 0 Å². The van der Waals surface area contributed by atoms with Gasteiger partial charge < -0.3 is 19.5 Å². The molecule has 28 heavy (non-hydrogen) atoms. The van der Waals surface area contributed by atoms with Crippen LogP contribution in [0, 0.1) is 0 Å². The smallest absolute Gasteiger partial charge is 0.341 e. The standard InChI is InChI=1S/C21H26N2O4.ClH/c1-26-20-9-8-16(14-18(20)21(25)27-2)19(24)15-22-10-12-23(13-11-22)17-6-4-3-5-7-17;/h3-9,14,19,24H,10-13,15H2,1-2H3;1H. The Kier molecular flexibility index (Phi) is 8.11. The molecule has 2 aromatic rings. The van der Waals surface area contributed by atoms with E-state index in [-0.39, 0.29) is 12.4 Å². The van der Waals surface area contributed by atoms with Gasteiger partial charge in [-0.2, -0.15) is 0 Å². The first-order valence-corrected chi connectivity index (χ1v) is 9.09. The van der Waals surface area contributed by atoms with Gasteiger partial charge in [0.1, 0.15) is 11.3 Å². The molecule has 0 spiro atoms. The number of aliphatic hydroxyl groups is 1. The summed E-state index contributed by atoms with van der Waals surface area (Å²) >= 11 is 0. The number of para-hydroxylation sites is 1. The van der Waals surface area contributed by atoms with Crippen molar-refractivity contribution in [3.05, 3.63) is 59.7 Å². The largest absolute Gasteiger partial charge is 0.496 e. The van der Waals surface area contributed by atoms with E-state index in [2.05, 4.69) is 21.9 Å². The van der Waals surface area contributed by atoms with Crippen LogP contribution in [0.15, 0.2) is 48.5 Å². The third-order valence-electron chi connectivity index (χ3n) is 4.94. The van der Waals surface area contributed by atoms with Gasteiger partial charge in [0.25, 0.3) is 0 Å². The fourth-order valence-electron chi connectivity index (χ4n) is 3.38. The summed E-state index contributed by atoms with van der Waals surface area (Å²) in [4.78, 5) is 16.5. The molecule has 7 heteroatoms. The number of ether oxygens (including phenoxy) is 2. The van der Waals surface area contributed by atoms with Crippen molar-refractivity contribution in [3.8, 4) is 5.75 Å². The second kappa shape index (κ2) is 10.3. The number of halogens is 1. The molecule has 152 valence electrons. The van der Waals surface area contributed by atoms with Crippen molar-refractivity contribution in [1.29, 1.82) is 0 Å². The maximum atomic E-state index is 11.9. The summed E-state index contributed by atoms with van der Waals surface area (Å²) in [5.41, 5.74) is 2.24. The molecule has 1 saturated heterocycles. The van der Waals surface area contributed by atoms with E-state index in [1.165, 1.54) is 19.9 Å². The molecule has 1 aliphatic heterocycles. The molecule has 0 aromatic heterocycles. The van der Waals surface area contributed by atoms with Crippen LogP contribution in [0.25, 0.3) is 0 Å². The molecular formula is C21H27ClN2O4. The number of aliphatic hydroxyl groups excluding tert-OH is 1. The number of piperazine rings is 1. The summed E-state index contributed by atoms with van der Waals surface area (Å²) in [7, 11) is 2.83. The molecule has 0 saturated carbocycles. The van der Waals surface area contributed by atoms with E-state index in [1.54, 1.807) is 18.2 Å². The predicted octanol–water partition coefficient (Wildman–Crippen LogP) is 2.76. The second-order valence-corrected chi connectivity index (χ2v) is 6.59. The van der Waals surface area contributed by atoms with Crippen molar-refractivity contribution in [2.45, 2.75) is 6.10 Å². The lowest BCUT2D eigenvalue weighted by Gasteiger charge is -2.37. The summed E-state index contributed by atoms with van der Waals surface area (Å²) in [6.45, 7) is 4.13. The minimum atomic E-state index is -0.678. The summed E-state index contributed by atoms with van der Waals surface area (Å²) in [6.07, 6.45) is -0.678. The summed E-state index contributed by atoms with van der Waals surface area (Å²) in [6, 6.07) is 15.5. The van der Waals surface area contributed by atoms with Crippen LogP contribution in [0.5, 0.6) is 5.75 Å². The lowest BCUT2D eigenvalue weighted by Crippen LogP contribution is -2.47. The predicted molar refractivity (Wildman–Crippen MR) is 112 cm³/mol. The number of carbonyl (C=O) groups excluding carboxylic acids is 1. The zero-order valence-corrected chi connectivity index (χ0v) is 17.0. The highest BCUT2D eigenvalue weighted by atomic mass is 35.5. The molecule has 1 N–H and O–H groups in total. The number of benzene rings is 2. The highest BCUT2D eigenvalue weighted by Crippen LogP contribution is 2.25. The lowest BCUT2D eigenvalue weighted by atomic mass is 10.0. The monoisotopic (exact) mass is 406 g/mol. The van der Waals surface area contributed by atoms with E-state index in [0.29, 0.717) is 23.4 Å². The number of methoxy groups -OCH3 is 2. The number of anilines is 1. The lowest BCUT2D eigenvalue weighted by molar-refractivity contribution is 0.0596. The van der Waals surface area contributed by atoms with Crippen LogP contribution >= 0.6 is 12.4 Å². The Morgan fingerprint density at radius 3 is 2.36 bits per heavy atom. The zero-order chi connectivity index (χ0) is 19.2. The zero-order valence-electron chi connectivity index (χ0n) is 16.2. The maximum Gasteiger partial charge on any atom is 0.341 e. The van der Waals surface area contributed by atoms with Crippen molar-refractivity contribution in [2.24, 2.45) is 0 Å². The van der Waals surface area contributed by atoms with Crippen LogP contribution in [0.3, 0.4) is 0 Å². The number of esters is 1. The van der Waals surface area contributed by atoms with Gasteiger partial charge in [0.2, 0.25) is 0 Å². The fourth-order valence-corrected chi connectivity index (χ4v) is 3.38. The quantitative estimate of drug-likeness (QED) is 0.744. The number of hydrogen-bond acceptors (Lipinski definition) is 6. The third kappa shape index (κ3) is 5.16. The summed E-state index contributed by atoms with van der Waals surface area (Å²) in [5, 5.41) is 10.7. The first kappa shape index (κ1) is 22.0. The minimum absolute atomic E-state index is 0. The molecule has 0 amide bonds. The SMILES string of the molecule is COC(=O)c1cc(C(O)CN2CCN(c3ccccc3)CC2)ccc1OC.Cl. The fraction of sp³-hybridized carbons (Fsp3) is 0.381.